The Labute approximate surface area is 288 Å². The van der Waals surface area contributed by atoms with Gasteiger partial charge < -0.3 is 34.6 Å². The van der Waals surface area contributed by atoms with E-state index in [-0.39, 0.29) is 62.9 Å². The van der Waals surface area contributed by atoms with Gasteiger partial charge in [0.05, 0.1) is 24.2 Å². The molecule has 1 unspecified atom stereocenters. The maximum absolute atomic E-state index is 14.2. The number of halogens is 1. The Morgan fingerprint density at radius 3 is 2.51 bits per heavy atom. The Hall–Kier alpha value is -3.56. The first-order chi connectivity index (χ1) is 23.0. The number of unbranched alkanes of at least 4 members (excludes halogenated alkanes) is 1. The molecule has 0 aromatic carbocycles. The van der Waals surface area contributed by atoms with Crippen LogP contribution in [0.15, 0.2) is 23.8 Å². The maximum atomic E-state index is 14.2. The zero-order valence-corrected chi connectivity index (χ0v) is 28.9. The SMILES string of the molecule is CCC(=O)O[C@]1(C(=O)COC(=O)OCC(N)C(=O)OCCCCO[N+](=O)[O-])[C@@H](C)C[C@H]2[C@@H]3CC=C4CC(=O)C=C[C@]4(C)[C@@]3(Cl)[C@@H](O)C[C@@]21C. The minimum Gasteiger partial charge on any atom is -0.464 e. The van der Waals surface area contributed by atoms with Crippen molar-refractivity contribution in [3.05, 3.63) is 33.9 Å². The van der Waals surface area contributed by atoms with Crippen LogP contribution in [0, 0.1) is 38.7 Å². The van der Waals surface area contributed by atoms with E-state index < -0.39 is 81.5 Å². The van der Waals surface area contributed by atoms with Gasteiger partial charge in [0.2, 0.25) is 5.78 Å². The average molecular weight is 713 g/mol. The van der Waals surface area contributed by atoms with Crippen molar-refractivity contribution < 1.29 is 58.0 Å². The summed E-state index contributed by atoms with van der Waals surface area (Å²) in [6, 6.07) is -1.37. The Morgan fingerprint density at radius 1 is 1.14 bits per heavy atom. The second kappa shape index (κ2) is 14.7. The van der Waals surface area contributed by atoms with Crippen LogP contribution in [-0.2, 0) is 43.0 Å². The van der Waals surface area contributed by atoms with Gasteiger partial charge in [0.15, 0.2) is 18.0 Å². The molecule has 2 fully saturated rings. The molecule has 16 heteroatoms. The Bertz CT molecular complexity index is 1420. The molecule has 0 aromatic heterocycles. The molecular weight excluding hydrogens is 668 g/mol. The number of aliphatic hydroxyl groups is 1. The first-order valence-electron chi connectivity index (χ1n) is 16.5. The molecule has 0 aliphatic heterocycles. The van der Waals surface area contributed by atoms with Gasteiger partial charge in [0.1, 0.15) is 12.6 Å². The molecule has 0 amide bonds. The monoisotopic (exact) mass is 712 g/mol. The van der Waals surface area contributed by atoms with E-state index in [1.165, 1.54) is 6.08 Å². The fraction of sp³-hybridized carbons (Fsp3) is 0.727. The number of nitrogens with zero attached hydrogens (tertiary/aromatic N) is 1. The van der Waals surface area contributed by atoms with Crippen molar-refractivity contribution in [1.82, 2.24) is 0 Å². The lowest BCUT2D eigenvalue weighted by Crippen LogP contribution is -2.69. The third-order valence-corrected chi connectivity index (χ3v) is 12.0. The number of fused-ring (bicyclic) bond motifs is 5. The Kier molecular flexibility index (Phi) is 11.5. The highest BCUT2D eigenvalue weighted by Crippen LogP contribution is 2.71. The first kappa shape index (κ1) is 38.2. The van der Waals surface area contributed by atoms with Crippen LogP contribution in [0.4, 0.5) is 4.79 Å². The highest BCUT2D eigenvalue weighted by molar-refractivity contribution is 6.26. The predicted molar refractivity (Wildman–Crippen MR) is 170 cm³/mol. The van der Waals surface area contributed by atoms with Gasteiger partial charge in [-0.05, 0) is 50.0 Å². The fourth-order valence-electron chi connectivity index (χ4n) is 8.68. The largest absolute Gasteiger partial charge is 0.508 e. The zero-order valence-electron chi connectivity index (χ0n) is 28.1. The molecule has 0 saturated heterocycles. The summed E-state index contributed by atoms with van der Waals surface area (Å²) in [4.78, 5) is 77.1. The molecule has 4 rings (SSSR count). The molecule has 272 valence electrons. The average Bonchev–Trinajstić information content (AvgIpc) is 3.26. The van der Waals surface area contributed by atoms with Gasteiger partial charge >= 0.3 is 18.1 Å². The number of rotatable bonds is 14. The lowest BCUT2D eigenvalue weighted by atomic mass is 9.46. The summed E-state index contributed by atoms with van der Waals surface area (Å²) in [5, 5.41) is 21.1. The van der Waals surface area contributed by atoms with E-state index in [9.17, 15) is 39.2 Å². The van der Waals surface area contributed by atoms with Crippen molar-refractivity contribution in [2.75, 3.05) is 26.4 Å². The third kappa shape index (κ3) is 6.81. The summed E-state index contributed by atoms with van der Waals surface area (Å²) in [6.45, 7) is 5.42. The molecule has 0 aromatic rings. The van der Waals surface area contributed by atoms with E-state index >= 15 is 0 Å². The molecule has 0 heterocycles. The lowest BCUT2D eigenvalue weighted by molar-refractivity contribution is -0.757. The molecule has 0 spiro atoms. The normalized spacial score (nSPS) is 35.1. The van der Waals surface area contributed by atoms with Crippen molar-refractivity contribution in [3.63, 3.8) is 0 Å². The van der Waals surface area contributed by atoms with E-state index in [4.69, 9.17) is 36.3 Å². The van der Waals surface area contributed by atoms with Crippen molar-refractivity contribution in [1.29, 1.82) is 0 Å². The highest BCUT2D eigenvalue weighted by atomic mass is 35.5. The highest BCUT2D eigenvalue weighted by Gasteiger charge is 2.76. The van der Waals surface area contributed by atoms with Crippen LogP contribution in [0.2, 0.25) is 0 Å². The molecule has 4 aliphatic carbocycles. The summed E-state index contributed by atoms with van der Waals surface area (Å²) in [5.74, 6) is -3.45. The number of nitrogens with two attached hydrogens (primary N) is 1. The lowest BCUT2D eigenvalue weighted by Gasteiger charge is -2.63. The van der Waals surface area contributed by atoms with Crippen LogP contribution >= 0.6 is 11.6 Å². The van der Waals surface area contributed by atoms with Crippen molar-refractivity contribution in [3.8, 4) is 0 Å². The number of ether oxygens (including phenoxy) is 4. The van der Waals surface area contributed by atoms with Gasteiger partial charge in [-0.15, -0.1) is 21.7 Å². The second-order valence-corrected chi connectivity index (χ2v) is 14.4. The molecule has 15 nitrogen and oxygen atoms in total. The molecule has 49 heavy (non-hydrogen) atoms. The molecule has 9 atom stereocenters. The number of esters is 2. The zero-order chi connectivity index (χ0) is 36.4. The van der Waals surface area contributed by atoms with Gasteiger partial charge in [0, 0.05) is 29.6 Å². The fourth-order valence-corrected chi connectivity index (χ4v) is 9.18. The van der Waals surface area contributed by atoms with Gasteiger partial charge in [-0.3, -0.25) is 19.2 Å². The number of hydrogen-bond donors (Lipinski definition) is 2. The number of hydrogen-bond acceptors (Lipinski definition) is 14. The summed E-state index contributed by atoms with van der Waals surface area (Å²) in [7, 11) is 0. The summed E-state index contributed by atoms with van der Waals surface area (Å²) < 4.78 is 21.1. The van der Waals surface area contributed by atoms with Gasteiger partial charge in [0.25, 0.3) is 5.09 Å². The van der Waals surface area contributed by atoms with E-state index in [2.05, 4.69) is 4.84 Å². The minimum absolute atomic E-state index is 0.000434. The smallest absolute Gasteiger partial charge is 0.464 e. The standard InChI is InChI=1S/C33H45ClN2O13/c1-5-27(40)49-33(26(39)18-47-29(42)46-17-24(35)28(41)45-12-6-7-13-48-36(43)44)19(2)14-23-22-9-8-20-15-21(37)10-11-30(20,3)32(22,34)25(38)16-31(23,33)4/h8,10-11,19,22-25,38H,5-7,9,12-18,35H2,1-4H3/t19-,22-,23-,24?,25-,30-,31-,32-,33-/m0/s1. The Balaban J connectivity index is 1.45. The predicted octanol–water partition coefficient (Wildman–Crippen LogP) is 3.15. The van der Waals surface area contributed by atoms with E-state index in [1.54, 1.807) is 19.9 Å². The van der Waals surface area contributed by atoms with Crippen LogP contribution in [0.1, 0.15) is 72.6 Å². The van der Waals surface area contributed by atoms with Crippen molar-refractivity contribution in [2.24, 2.45) is 34.3 Å². The van der Waals surface area contributed by atoms with E-state index in [0.717, 1.165) is 5.57 Å². The molecule has 0 radical (unpaired) electrons. The summed E-state index contributed by atoms with van der Waals surface area (Å²) in [6.07, 6.45) is 4.42. The molecule has 4 aliphatic rings. The van der Waals surface area contributed by atoms with Crippen molar-refractivity contribution >= 4 is 41.3 Å². The summed E-state index contributed by atoms with van der Waals surface area (Å²) >= 11 is 7.51. The minimum atomic E-state index is -1.78. The van der Waals surface area contributed by atoms with Gasteiger partial charge in [-0.1, -0.05) is 45.4 Å². The number of carbonyl (C=O) groups excluding carboxylic acids is 5. The third-order valence-electron chi connectivity index (χ3n) is 11.1. The first-order valence-corrected chi connectivity index (χ1v) is 16.9. The molecule has 2 saturated carbocycles. The molecule has 3 N–H and O–H groups in total. The summed E-state index contributed by atoms with van der Waals surface area (Å²) in [5.41, 5.74) is 2.87. The van der Waals surface area contributed by atoms with Crippen molar-refractivity contribution in [2.45, 2.75) is 95.3 Å². The Morgan fingerprint density at radius 2 is 1.84 bits per heavy atom. The molecular formula is C33H45ClN2O13. The topological polar surface area (TPSA) is 221 Å². The number of ketones is 2. The van der Waals surface area contributed by atoms with Gasteiger partial charge in [-0.25, -0.2) is 4.79 Å². The number of allylic oxidation sites excluding steroid dienone is 4. The quantitative estimate of drug-likeness (QED) is 0.0503. The van der Waals surface area contributed by atoms with Crippen LogP contribution < -0.4 is 5.73 Å². The number of Topliss-reactive ketones (excluding diaryl/α,β-unsaturated/α-hetero) is 1. The number of carbonyl (C=O) groups is 5. The number of alkyl halides is 1. The van der Waals surface area contributed by atoms with Crippen LogP contribution in [0.5, 0.6) is 0 Å². The molecule has 0 bridgehead atoms. The number of aliphatic hydroxyl groups excluding tert-OH is 1. The van der Waals surface area contributed by atoms with Crippen LogP contribution in [0.25, 0.3) is 0 Å². The van der Waals surface area contributed by atoms with Gasteiger partial charge in [-0.2, -0.15) is 0 Å². The van der Waals surface area contributed by atoms with Crippen LogP contribution in [0.3, 0.4) is 0 Å². The van der Waals surface area contributed by atoms with E-state index in [0.29, 0.717) is 12.8 Å². The van der Waals surface area contributed by atoms with Crippen LogP contribution in [-0.4, -0.2) is 88.9 Å². The van der Waals surface area contributed by atoms with E-state index in [1.807, 2.05) is 19.9 Å². The maximum Gasteiger partial charge on any atom is 0.508 e. The second-order valence-electron chi connectivity index (χ2n) is 13.8.